The first-order valence-electron chi connectivity index (χ1n) is 10.6. The first-order chi connectivity index (χ1) is 15.0. The third-order valence-electron chi connectivity index (χ3n) is 5.52. The Kier molecular flexibility index (Phi) is 6.02. The minimum Gasteiger partial charge on any atom is -0.372 e. The van der Waals surface area contributed by atoms with Gasteiger partial charge in [0.15, 0.2) is 0 Å². The van der Waals surface area contributed by atoms with Crippen molar-refractivity contribution in [2.24, 2.45) is 0 Å². The highest BCUT2D eigenvalue weighted by molar-refractivity contribution is 6.15. The predicted octanol–water partition coefficient (Wildman–Crippen LogP) is 3.52. The van der Waals surface area contributed by atoms with Crippen LogP contribution < -0.4 is 15.5 Å². The monoisotopic (exact) mass is 418 g/mol. The third-order valence-corrected chi connectivity index (χ3v) is 5.52. The lowest BCUT2D eigenvalue weighted by atomic mass is 10.1. The first-order valence-corrected chi connectivity index (χ1v) is 10.6. The van der Waals surface area contributed by atoms with Crippen LogP contribution >= 0.6 is 0 Å². The molecule has 0 bridgehead atoms. The molecule has 0 atom stereocenters. The average molecular weight is 418 g/mol. The number of hydrogen-bond acceptors (Lipinski definition) is 4. The average Bonchev–Trinajstić information content (AvgIpc) is 3.04. The molecule has 7 heteroatoms. The number of piperidine rings is 1. The van der Waals surface area contributed by atoms with Gasteiger partial charge in [0, 0.05) is 24.5 Å². The molecule has 2 aliphatic rings. The summed E-state index contributed by atoms with van der Waals surface area (Å²) in [6.45, 7) is 3.74. The Hall–Kier alpha value is -3.61. The second-order valence-corrected chi connectivity index (χ2v) is 7.93. The van der Waals surface area contributed by atoms with Crippen molar-refractivity contribution in [1.82, 2.24) is 10.2 Å². The molecule has 4 rings (SSSR count). The summed E-state index contributed by atoms with van der Waals surface area (Å²) >= 11 is 0. The SMILES string of the molecule is Cc1ccc(NC(=O)CN2C(=O)N/C(=C/c3ccc(N4CCCCC4)cc3)C2=O)cc1. The van der Waals surface area contributed by atoms with Crippen LogP contribution in [0.1, 0.15) is 30.4 Å². The lowest BCUT2D eigenvalue weighted by Gasteiger charge is -2.28. The Morgan fingerprint density at radius 1 is 1.00 bits per heavy atom. The van der Waals surface area contributed by atoms with Crippen LogP contribution in [0.3, 0.4) is 0 Å². The number of anilines is 2. The largest absolute Gasteiger partial charge is 0.372 e. The maximum atomic E-state index is 12.7. The number of nitrogens with one attached hydrogen (secondary N) is 2. The van der Waals surface area contributed by atoms with Crippen LogP contribution in [-0.2, 0) is 9.59 Å². The maximum absolute atomic E-state index is 12.7. The van der Waals surface area contributed by atoms with Gasteiger partial charge < -0.3 is 15.5 Å². The lowest BCUT2D eigenvalue weighted by molar-refractivity contribution is -0.127. The topological polar surface area (TPSA) is 81.8 Å². The molecule has 2 heterocycles. The maximum Gasteiger partial charge on any atom is 0.329 e. The molecule has 0 spiro atoms. The van der Waals surface area contributed by atoms with Crippen LogP contribution in [-0.4, -0.2) is 42.4 Å². The zero-order chi connectivity index (χ0) is 21.8. The number of urea groups is 1. The molecule has 4 amide bonds. The van der Waals surface area contributed by atoms with Gasteiger partial charge in [-0.15, -0.1) is 0 Å². The van der Waals surface area contributed by atoms with Crippen molar-refractivity contribution < 1.29 is 14.4 Å². The zero-order valence-electron chi connectivity index (χ0n) is 17.6. The van der Waals surface area contributed by atoms with E-state index in [1.54, 1.807) is 18.2 Å². The van der Waals surface area contributed by atoms with E-state index in [0.29, 0.717) is 5.69 Å². The Morgan fingerprint density at radius 3 is 2.35 bits per heavy atom. The quantitative estimate of drug-likeness (QED) is 0.575. The zero-order valence-corrected chi connectivity index (χ0v) is 17.6. The summed E-state index contributed by atoms with van der Waals surface area (Å²) in [6, 6.07) is 14.6. The van der Waals surface area contributed by atoms with Gasteiger partial charge in [0.1, 0.15) is 12.2 Å². The standard InChI is InChI=1S/C24H26N4O3/c1-17-5-9-19(10-6-17)25-22(29)16-28-23(30)21(26-24(28)31)15-18-7-11-20(12-8-18)27-13-3-2-4-14-27/h5-12,15H,2-4,13-14,16H2,1H3,(H,25,29)(H,26,31)/b21-15+. The van der Waals surface area contributed by atoms with E-state index in [-0.39, 0.29) is 12.2 Å². The van der Waals surface area contributed by atoms with Gasteiger partial charge in [0.05, 0.1) is 0 Å². The van der Waals surface area contributed by atoms with Crippen molar-refractivity contribution in [3.05, 3.63) is 65.4 Å². The molecule has 2 N–H and O–H groups in total. The van der Waals surface area contributed by atoms with E-state index >= 15 is 0 Å². The molecule has 0 aromatic heterocycles. The number of nitrogens with zero attached hydrogens (tertiary/aromatic N) is 2. The Balaban J connectivity index is 1.39. The molecular formula is C24H26N4O3. The van der Waals surface area contributed by atoms with E-state index in [9.17, 15) is 14.4 Å². The van der Waals surface area contributed by atoms with Crippen LogP contribution in [0.5, 0.6) is 0 Å². The smallest absolute Gasteiger partial charge is 0.329 e. The van der Waals surface area contributed by atoms with Crippen molar-refractivity contribution in [3.63, 3.8) is 0 Å². The van der Waals surface area contributed by atoms with Gasteiger partial charge >= 0.3 is 6.03 Å². The fraction of sp³-hybridized carbons (Fsp3) is 0.292. The highest BCUT2D eigenvalue weighted by atomic mass is 16.2. The van der Waals surface area contributed by atoms with Gasteiger partial charge in [-0.2, -0.15) is 0 Å². The molecule has 0 aliphatic carbocycles. The minimum atomic E-state index is -0.597. The molecule has 0 radical (unpaired) electrons. The summed E-state index contributed by atoms with van der Waals surface area (Å²) in [4.78, 5) is 40.5. The van der Waals surface area contributed by atoms with E-state index in [1.165, 1.54) is 19.3 Å². The fourth-order valence-corrected chi connectivity index (χ4v) is 3.80. The number of imide groups is 1. The number of hydrogen-bond donors (Lipinski definition) is 2. The van der Waals surface area contributed by atoms with Crippen molar-refractivity contribution in [1.29, 1.82) is 0 Å². The number of rotatable bonds is 5. The molecule has 2 aromatic carbocycles. The summed E-state index contributed by atoms with van der Waals surface area (Å²) in [5.41, 5.74) is 3.84. The number of benzene rings is 2. The summed E-state index contributed by atoms with van der Waals surface area (Å²) in [6.07, 6.45) is 5.33. The number of carbonyl (C=O) groups is 3. The Morgan fingerprint density at radius 2 is 1.68 bits per heavy atom. The van der Waals surface area contributed by atoms with Gasteiger partial charge in [-0.3, -0.25) is 9.59 Å². The Labute approximate surface area is 181 Å². The summed E-state index contributed by atoms with van der Waals surface area (Å²) < 4.78 is 0. The van der Waals surface area contributed by atoms with Crippen LogP contribution in [0.15, 0.2) is 54.2 Å². The molecular weight excluding hydrogens is 392 g/mol. The molecule has 160 valence electrons. The van der Waals surface area contributed by atoms with Crippen LogP contribution in [0.4, 0.5) is 16.2 Å². The highest BCUT2D eigenvalue weighted by Gasteiger charge is 2.34. The number of amides is 4. The molecule has 0 saturated carbocycles. The van der Waals surface area contributed by atoms with Gasteiger partial charge in [0.2, 0.25) is 5.91 Å². The van der Waals surface area contributed by atoms with Crippen LogP contribution in [0, 0.1) is 6.92 Å². The molecule has 31 heavy (non-hydrogen) atoms. The van der Waals surface area contributed by atoms with E-state index in [1.807, 2.05) is 43.3 Å². The summed E-state index contributed by atoms with van der Waals surface area (Å²) in [7, 11) is 0. The second kappa shape index (κ2) is 9.04. The third kappa shape index (κ3) is 4.94. The van der Waals surface area contributed by atoms with E-state index in [0.717, 1.165) is 34.8 Å². The molecule has 2 saturated heterocycles. The molecule has 7 nitrogen and oxygen atoms in total. The minimum absolute atomic E-state index is 0.166. The molecule has 2 aliphatic heterocycles. The van der Waals surface area contributed by atoms with E-state index < -0.39 is 17.8 Å². The normalized spacial score (nSPS) is 17.8. The Bertz CT molecular complexity index is 1010. The lowest BCUT2D eigenvalue weighted by Crippen LogP contribution is -2.38. The molecule has 0 unspecified atom stereocenters. The fourth-order valence-electron chi connectivity index (χ4n) is 3.80. The van der Waals surface area contributed by atoms with Gasteiger partial charge in [-0.1, -0.05) is 29.8 Å². The van der Waals surface area contributed by atoms with Gasteiger partial charge in [-0.25, -0.2) is 9.69 Å². The number of aryl methyl sites for hydroxylation is 1. The summed E-state index contributed by atoms with van der Waals surface area (Å²) in [5, 5.41) is 5.27. The van der Waals surface area contributed by atoms with Crippen molar-refractivity contribution >= 4 is 35.3 Å². The predicted molar refractivity (Wildman–Crippen MR) is 121 cm³/mol. The van der Waals surface area contributed by atoms with Gasteiger partial charge in [0.25, 0.3) is 5.91 Å². The van der Waals surface area contributed by atoms with E-state index in [4.69, 9.17) is 0 Å². The molecule has 2 fully saturated rings. The van der Waals surface area contributed by atoms with E-state index in [2.05, 4.69) is 15.5 Å². The van der Waals surface area contributed by atoms with Crippen molar-refractivity contribution in [2.45, 2.75) is 26.2 Å². The second-order valence-electron chi connectivity index (χ2n) is 7.93. The highest BCUT2D eigenvalue weighted by Crippen LogP contribution is 2.22. The molecule has 2 aromatic rings. The summed E-state index contributed by atoms with van der Waals surface area (Å²) in [5.74, 6) is -0.941. The van der Waals surface area contributed by atoms with Gasteiger partial charge in [-0.05, 0) is 62.1 Å². The van der Waals surface area contributed by atoms with Crippen LogP contribution in [0.2, 0.25) is 0 Å². The van der Waals surface area contributed by atoms with Crippen LogP contribution in [0.25, 0.3) is 6.08 Å². The van der Waals surface area contributed by atoms with Crippen molar-refractivity contribution in [3.8, 4) is 0 Å². The number of carbonyl (C=O) groups excluding carboxylic acids is 3. The van der Waals surface area contributed by atoms with Crippen molar-refractivity contribution in [2.75, 3.05) is 29.9 Å². The first kappa shape index (κ1) is 20.7.